The highest BCUT2D eigenvalue weighted by molar-refractivity contribution is 6.07. The summed E-state index contributed by atoms with van der Waals surface area (Å²) in [7, 11) is 1.61. The van der Waals surface area contributed by atoms with Gasteiger partial charge in [-0.25, -0.2) is 9.79 Å². The van der Waals surface area contributed by atoms with Gasteiger partial charge in [0.05, 0.1) is 7.11 Å². The number of aryl methyl sites for hydroxylation is 3. The number of carbonyl (C=O) groups excluding carboxylic acids is 1. The van der Waals surface area contributed by atoms with Gasteiger partial charge in [-0.2, -0.15) is 0 Å². The van der Waals surface area contributed by atoms with Gasteiger partial charge in [-0.15, -0.1) is 0 Å². The molecule has 0 spiro atoms. The Bertz CT molecular complexity index is 848. The zero-order valence-electron chi connectivity index (χ0n) is 14.7. The van der Waals surface area contributed by atoms with E-state index in [0.717, 1.165) is 17.5 Å². The Balaban J connectivity index is 1.76. The molecule has 128 valence electrons. The highest BCUT2D eigenvalue weighted by Crippen LogP contribution is 2.25. The van der Waals surface area contributed by atoms with Crippen molar-refractivity contribution in [3.8, 4) is 5.75 Å². The summed E-state index contributed by atoms with van der Waals surface area (Å²) >= 11 is 0. The van der Waals surface area contributed by atoms with E-state index < -0.39 is 5.97 Å². The number of carbonyl (C=O) groups is 1. The molecular formula is C21H21NO3. The minimum Gasteiger partial charge on any atom is -0.496 e. The normalized spacial score (nSPS) is 15.2. The fourth-order valence-electron chi connectivity index (χ4n) is 2.68. The maximum atomic E-state index is 12.1. The quantitative estimate of drug-likeness (QED) is 0.606. The van der Waals surface area contributed by atoms with E-state index in [0.29, 0.717) is 23.8 Å². The summed E-state index contributed by atoms with van der Waals surface area (Å²) in [5.74, 6) is 0.750. The minimum absolute atomic E-state index is 0.308. The fraction of sp³-hybridized carbons (Fsp3) is 0.238. The molecule has 3 rings (SSSR count). The van der Waals surface area contributed by atoms with E-state index in [1.165, 1.54) is 11.1 Å². The summed E-state index contributed by atoms with van der Waals surface area (Å²) in [4.78, 5) is 16.4. The number of benzene rings is 2. The van der Waals surface area contributed by atoms with Crippen LogP contribution in [0, 0.1) is 13.8 Å². The number of nitrogens with zero attached hydrogens (tertiary/aromatic N) is 1. The van der Waals surface area contributed by atoms with Crippen LogP contribution in [0.25, 0.3) is 6.08 Å². The van der Waals surface area contributed by atoms with Gasteiger partial charge in [0.15, 0.2) is 11.6 Å². The van der Waals surface area contributed by atoms with E-state index >= 15 is 0 Å². The highest BCUT2D eigenvalue weighted by atomic mass is 16.6. The third-order valence-electron chi connectivity index (χ3n) is 4.09. The lowest BCUT2D eigenvalue weighted by atomic mass is 10.1. The van der Waals surface area contributed by atoms with Crippen LogP contribution in [0.15, 0.2) is 53.2 Å². The van der Waals surface area contributed by atoms with Crippen molar-refractivity contribution in [1.29, 1.82) is 0 Å². The van der Waals surface area contributed by atoms with Crippen LogP contribution in [0.4, 0.5) is 0 Å². The van der Waals surface area contributed by atoms with Crippen LogP contribution in [0.3, 0.4) is 0 Å². The van der Waals surface area contributed by atoms with Crippen molar-refractivity contribution in [2.45, 2.75) is 26.7 Å². The largest absolute Gasteiger partial charge is 0.496 e. The monoisotopic (exact) mass is 335 g/mol. The fourth-order valence-corrected chi connectivity index (χ4v) is 2.68. The van der Waals surface area contributed by atoms with E-state index in [-0.39, 0.29) is 0 Å². The van der Waals surface area contributed by atoms with Crippen LogP contribution in [0.1, 0.15) is 28.7 Å². The number of methoxy groups -OCH3 is 1. The van der Waals surface area contributed by atoms with Crippen LogP contribution >= 0.6 is 0 Å². The molecule has 2 aromatic carbocycles. The Labute approximate surface area is 147 Å². The smallest absolute Gasteiger partial charge is 0.363 e. The van der Waals surface area contributed by atoms with Gasteiger partial charge in [0.2, 0.25) is 0 Å². The number of cyclic esters (lactones) is 1. The molecule has 0 amide bonds. The van der Waals surface area contributed by atoms with E-state index in [1.54, 1.807) is 13.2 Å². The Kier molecular flexibility index (Phi) is 4.98. The molecule has 0 saturated carbocycles. The first-order valence-electron chi connectivity index (χ1n) is 8.27. The standard InChI is InChI=1S/C21H21NO3/c1-14-4-7-16(8-5-14)9-11-20-22-18(21(23)25-20)13-17-12-15(2)6-10-19(17)24-3/h4-8,10,12-13H,9,11H2,1-3H3/b18-13+. The van der Waals surface area contributed by atoms with Crippen molar-refractivity contribution < 1.29 is 14.3 Å². The molecule has 4 heteroatoms. The maximum Gasteiger partial charge on any atom is 0.363 e. The second-order valence-electron chi connectivity index (χ2n) is 6.16. The molecule has 0 unspecified atom stereocenters. The maximum absolute atomic E-state index is 12.1. The van der Waals surface area contributed by atoms with Gasteiger partial charge < -0.3 is 9.47 Å². The summed E-state index contributed by atoms with van der Waals surface area (Å²) in [5.41, 5.74) is 4.64. The first-order valence-corrected chi connectivity index (χ1v) is 8.27. The molecule has 1 aliphatic rings. The lowest BCUT2D eigenvalue weighted by molar-refractivity contribution is -0.130. The molecule has 0 aromatic heterocycles. The number of hydrogen-bond donors (Lipinski definition) is 0. The topological polar surface area (TPSA) is 47.9 Å². The molecule has 0 atom stereocenters. The van der Waals surface area contributed by atoms with Crippen molar-refractivity contribution in [2.75, 3.05) is 7.11 Å². The Morgan fingerprint density at radius 1 is 1.04 bits per heavy atom. The first kappa shape index (κ1) is 17.0. The van der Waals surface area contributed by atoms with Crippen LogP contribution in [0.2, 0.25) is 0 Å². The lowest BCUT2D eigenvalue weighted by Crippen LogP contribution is -2.05. The number of rotatable bonds is 5. The van der Waals surface area contributed by atoms with Crippen molar-refractivity contribution >= 4 is 17.9 Å². The van der Waals surface area contributed by atoms with Gasteiger partial charge in [-0.1, -0.05) is 41.5 Å². The molecule has 0 N–H and O–H groups in total. The number of esters is 1. The zero-order chi connectivity index (χ0) is 17.8. The van der Waals surface area contributed by atoms with E-state index in [1.807, 2.05) is 25.1 Å². The Hall–Kier alpha value is -2.88. The Morgan fingerprint density at radius 3 is 2.48 bits per heavy atom. The van der Waals surface area contributed by atoms with Gasteiger partial charge in [-0.05, 0) is 44.0 Å². The van der Waals surface area contributed by atoms with Gasteiger partial charge in [0.1, 0.15) is 5.75 Å². The lowest BCUT2D eigenvalue weighted by Gasteiger charge is -2.05. The predicted octanol–water partition coefficient (Wildman–Crippen LogP) is 4.24. The van der Waals surface area contributed by atoms with Crippen LogP contribution in [0.5, 0.6) is 5.75 Å². The SMILES string of the molecule is COc1ccc(C)cc1/C=C1/N=C(CCc2ccc(C)cc2)OC1=O. The summed E-state index contributed by atoms with van der Waals surface area (Å²) in [5, 5.41) is 0. The minimum atomic E-state index is -0.414. The summed E-state index contributed by atoms with van der Waals surface area (Å²) < 4.78 is 10.6. The molecule has 1 aliphatic heterocycles. The summed E-state index contributed by atoms with van der Waals surface area (Å²) in [6.45, 7) is 4.05. The molecular weight excluding hydrogens is 314 g/mol. The molecule has 0 bridgehead atoms. The zero-order valence-corrected chi connectivity index (χ0v) is 14.7. The summed E-state index contributed by atoms with van der Waals surface area (Å²) in [6.07, 6.45) is 3.09. The van der Waals surface area contributed by atoms with Gasteiger partial charge in [0.25, 0.3) is 0 Å². The molecule has 1 heterocycles. The van der Waals surface area contributed by atoms with Gasteiger partial charge in [-0.3, -0.25) is 0 Å². The van der Waals surface area contributed by atoms with Gasteiger partial charge >= 0.3 is 5.97 Å². The molecule has 4 nitrogen and oxygen atoms in total. The third kappa shape index (κ3) is 4.15. The van der Waals surface area contributed by atoms with Crippen LogP contribution in [-0.4, -0.2) is 19.0 Å². The molecule has 0 aliphatic carbocycles. The number of aliphatic imine (C=N–C) groups is 1. The number of hydrogen-bond acceptors (Lipinski definition) is 4. The van der Waals surface area contributed by atoms with E-state index in [9.17, 15) is 4.79 Å². The average molecular weight is 335 g/mol. The highest BCUT2D eigenvalue weighted by Gasteiger charge is 2.23. The van der Waals surface area contributed by atoms with Crippen molar-refractivity contribution in [2.24, 2.45) is 4.99 Å². The third-order valence-corrected chi connectivity index (χ3v) is 4.09. The second-order valence-corrected chi connectivity index (χ2v) is 6.16. The second kappa shape index (κ2) is 7.34. The molecule has 25 heavy (non-hydrogen) atoms. The van der Waals surface area contributed by atoms with E-state index in [4.69, 9.17) is 9.47 Å². The molecule has 2 aromatic rings. The first-order chi connectivity index (χ1) is 12.0. The van der Waals surface area contributed by atoms with Crippen molar-refractivity contribution in [3.05, 3.63) is 70.4 Å². The molecule has 0 radical (unpaired) electrons. The molecule has 0 fully saturated rings. The Morgan fingerprint density at radius 2 is 1.76 bits per heavy atom. The summed E-state index contributed by atoms with van der Waals surface area (Å²) in [6, 6.07) is 14.1. The number of ether oxygens (including phenoxy) is 2. The molecule has 0 saturated heterocycles. The van der Waals surface area contributed by atoms with Crippen molar-refractivity contribution in [3.63, 3.8) is 0 Å². The predicted molar refractivity (Wildman–Crippen MR) is 98.7 cm³/mol. The van der Waals surface area contributed by atoms with Crippen LogP contribution in [-0.2, 0) is 16.0 Å². The average Bonchev–Trinajstić information content (AvgIpc) is 2.94. The van der Waals surface area contributed by atoms with Gasteiger partial charge in [0, 0.05) is 12.0 Å². The van der Waals surface area contributed by atoms with E-state index in [2.05, 4.69) is 36.2 Å². The van der Waals surface area contributed by atoms with Crippen molar-refractivity contribution in [1.82, 2.24) is 0 Å². The van der Waals surface area contributed by atoms with Crippen LogP contribution < -0.4 is 4.74 Å².